The largest absolute Gasteiger partial charge is 0.370 e. The van der Waals surface area contributed by atoms with Crippen LogP contribution in [-0.2, 0) is 4.74 Å². The first-order valence-corrected chi connectivity index (χ1v) is 4.06. The van der Waals surface area contributed by atoms with Gasteiger partial charge in [0.2, 0.25) is 0 Å². The summed E-state index contributed by atoms with van der Waals surface area (Å²) in [5.41, 5.74) is 0. The Morgan fingerprint density at radius 2 is 2.30 bits per heavy atom. The molecule has 0 amide bonds. The molecule has 1 aliphatic heterocycles. The Balaban J connectivity index is 2.11. The molecule has 1 heterocycles. The Kier molecular flexibility index (Phi) is 2.50. The van der Waals surface area contributed by atoms with E-state index in [9.17, 15) is 0 Å². The van der Waals surface area contributed by atoms with Crippen molar-refractivity contribution in [3.63, 3.8) is 0 Å². The Bertz CT molecular complexity index is 120. The maximum Gasteiger partial charge on any atom is 0.0847 e. The maximum absolute atomic E-state index is 5.39. The van der Waals surface area contributed by atoms with Gasteiger partial charge in [-0.2, -0.15) is 0 Å². The van der Waals surface area contributed by atoms with Gasteiger partial charge in [0.25, 0.3) is 0 Å². The van der Waals surface area contributed by atoms with Crippen LogP contribution < -0.4 is 0 Å². The van der Waals surface area contributed by atoms with Crippen LogP contribution in [0.3, 0.4) is 0 Å². The fraction of sp³-hybridized carbons (Fsp3) is 0.778. The molecule has 0 spiro atoms. The van der Waals surface area contributed by atoms with E-state index < -0.39 is 0 Å². The van der Waals surface area contributed by atoms with Crippen molar-refractivity contribution in [2.24, 2.45) is 5.92 Å². The van der Waals surface area contributed by atoms with Gasteiger partial charge in [0.1, 0.15) is 0 Å². The first-order chi connectivity index (χ1) is 4.77. The van der Waals surface area contributed by atoms with Crippen LogP contribution in [0.25, 0.3) is 0 Å². The minimum Gasteiger partial charge on any atom is -0.370 e. The molecule has 1 saturated heterocycles. The first-order valence-electron chi connectivity index (χ1n) is 4.06. The molecule has 0 aromatic carbocycles. The van der Waals surface area contributed by atoms with E-state index in [0.29, 0.717) is 18.1 Å². The highest BCUT2D eigenvalue weighted by Crippen LogP contribution is 2.30. The van der Waals surface area contributed by atoms with Crippen molar-refractivity contribution in [3.05, 3.63) is 12.7 Å². The number of allylic oxidation sites excluding steroid dienone is 1. The van der Waals surface area contributed by atoms with Gasteiger partial charge in [-0.3, -0.25) is 0 Å². The lowest BCUT2D eigenvalue weighted by Gasteiger charge is -1.99. The van der Waals surface area contributed by atoms with Crippen LogP contribution in [0.1, 0.15) is 26.7 Å². The highest BCUT2D eigenvalue weighted by atomic mass is 16.6. The number of hydrogen-bond acceptors (Lipinski definition) is 1. The topological polar surface area (TPSA) is 12.5 Å². The smallest absolute Gasteiger partial charge is 0.0847 e. The van der Waals surface area contributed by atoms with E-state index >= 15 is 0 Å². The predicted molar refractivity (Wildman–Crippen MR) is 42.9 cm³/mol. The molecule has 1 aliphatic rings. The van der Waals surface area contributed by atoms with E-state index in [2.05, 4.69) is 20.4 Å². The van der Waals surface area contributed by atoms with Crippen molar-refractivity contribution in [1.29, 1.82) is 0 Å². The molecule has 3 unspecified atom stereocenters. The van der Waals surface area contributed by atoms with E-state index in [0.717, 1.165) is 12.8 Å². The highest BCUT2D eigenvalue weighted by molar-refractivity contribution is 4.88. The summed E-state index contributed by atoms with van der Waals surface area (Å²) in [6.07, 6.45) is 5.41. The van der Waals surface area contributed by atoms with Crippen molar-refractivity contribution in [1.82, 2.24) is 0 Å². The third kappa shape index (κ3) is 1.84. The summed E-state index contributed by atoms with van der Waals surface area (Å²) in [6.45, 7) is 8.09. The summed E-state index contributed by atoms with van der Waals surface area (Å²) in [7, 11) is 0. The monoisotopic (exact) mass is 140 g/mol. The van der Waals surface area contributed by atoms with Crippen LogP contribution in [0.2, 0.25) is 0 Å². The molecule has 10 heavy (non-hydrogen) atoms. The average Bonchev–Trinajstić information content (AvgIpc) is 2.67. The fourth-order valence-corrected chi connectivity index (χ4v) is 1.21. The summed E-state index contributed by atoms with van der Waals surface area (Å²) in [6, 6.07) is 0. The van der Waals surface area contributed by atoms with Crippen molar-refractivity contribution >= 4 is 0 Å². The Morgan fingerprint density at radius 3 is 2.70 bits per heavy atom. The second-order valence-electron chi connectivity index (χ2n) is 3.07. The molecule has 0 N–H and O–H groups in total. The van der Waals surface area contributed by atoms with Crippen LogP contribution >= 0.6 is 0 Å². The normalized spacial score (nSPS) is 33.4. The van der Waals surface area contributed by atoms with E-state index in [1.54, 1.807) is 0 Å². The number of hydrogen-bond donors (Lipinski definition) is 0. The summed E-state index contributed by atoms with van der Waals surface area (Å²) >= 11 is 0. The van der Waals surface area contributed by atoms with Crippen molar-refractivity contribution in [3.8, 4) is 0 Å². The molecule has 0 radical (unpaired) electrons. The molecule has 0 aromatic rings. The standard InChI is InChI=1S/C9H16O/c1-4-7(3)6-9-8(5-2)10-9/h4,7-9H,1,5-6H2,2-3H3. The molecular formula is C9H16O. The highest BCUT2D eigenvalue weighted by Gasteiger charge is 2.36. The molecule has 0 aliphatic carbocycles. The predicted octanol–water partition coefficient (Wildman–Crippen LogP) is 2.38. The Labute approximate surface area is 63.1 Å². The lowest BCUT2D eigenvalue weighted by Crippen LogP contribution is -1.98. The van der Waals surface area contributed by atoms with Gasteiger partial charge in [-0.05, 0) is 18.8 Å². The van der Waals surface area contributed by atoms with E-state index in [-0.39, 0.29) is 0 Å². The molecule has 1 heteroatoms. The van der Waals surface area contributed by atoms with Crippen LogP contribution in [0.4, 0.5) is 0 Å². The minimum atomic E-state index is 0.540. The number of epoxide rings is 1. The fourth-order valence-electron chi connectivity index (χ4n) is 1.21. The molecular weight excluding hydrogens is 124 g/mol. The molecule has 58 valence electrons. The Hall–Kier alpha value is -0.300. The summed E-state index contributed by atoms with van der Waals surface area (Å²) in [4.78, 5) is 0. The Morgan fingerprint density at radius 1 is 1.60 bits per heavy atom. The van der Waals surface area contributed by atoms with Crippen LogP contribution in [0.5, 0.6) is 0 Å². The van der Waals surface area contributed by atoms with Gasteiger partial charge in [0.05, 0.1) is 12.2 Å². The van der Waals surface area contributed by atoms with Gasteiger partial charge in [-0.25, -0.2) is 0 Å². The molecule has 3 atom stereocenters. The molecule has 0 aromatic heterocycles. The van der Waals surface area contributed by atoms with Gasteiger partial charge in [0.15, 0.2) is 0 Å². The van der Waals surface area contributed by atoms with Gasteiger partial charge in [0, 0.05) is 0 Å². The lowest BCUT2D eigenvalue weighted by molar-refractivity contribution is 0.349. The van der Waals surface area contributed by atoms with E-state index in [4.69, 9.17) is 4.74 Å². The van der Waals surface area contributed by atoms with Gasteiger partial charge in [-0.15, -0.1) is 6.58 Å². The number of ether oxygens (including phenoxy) is 1. The summed E-state index contributed by atoms with van der Waals surface area (Å²) in [5, 5.41) is 0. The SMILES string of the molecule is C=CC(C)CC1OC1CC. The van der Waals surface area contributed by atoms with Crippen molar-refractivity contribution in [2.45, 2.75) is 38.9 Å². The summed E-state index contributed by atoms with van der Waals surface area (Å²) in [5.74, 6) is 0.613. The molecule has 1 nitrogen and oxygen atoms in total. The first kappa shape index (κ1) is 7.80. The lowest BCUT2D eigenvalue weighted by atomic mass is 10.0. The molecule has 1 rings (SSSR count). The van der Waals surface area contributed by atoms with Gasteiger partial charge < -0.3 is 4.74 Å². The zero-order valence-electron chi connectivity index (χ0n) is 6.84. The van der Waals surface area contributed by atoms with Crippen LogP contribution in [0.15, 0.2) is 12.7 Å². The quantitative estimate of drug-likeness (QED) is 0.431. The van der Waals surface area contributed by atoms with E-state index in [1.165, 1.54) is 0 Å². The molecule has 0 saturated carbocycles. The maximum atomic E-state index is 5.39. The van der Waals surface area contributed by atoms with Crippen LogP contribution in [0, 0.1) is 5.92 Å². The summed E-state index contributed by atoms with van der Waals surface area (Å²) < 4.78 is 5.39. The molecule has 1 fully saturated rings. The third-order valence-electron chi connectivity index (χ3n) is 2.10. The zero-order chi connectivity index (χ0) is 7.56. The van der Waals surface area contributed by atoms with Crippen LogP contribution in [-0.4, -0.2) is 12.2 Å². The second kappa shape index (κ2) is 3.20. The zero-order valence-corrected chi connectivity index (χ0v) is 6.84. The second-order valence-corrected chi connectivity index (χ2v) is 3.07. The van der Waals surface area contributed by atoms with Gasteiger partial charge >= 0.3 is 0 Å². The third-order valence-corrected chi connectivity index (χ3v) is 2.10. The van der Waals surface area contributed by atoms with E-state index in [1.807, 2.05) is 6.08 Å². The van der Waals surface area contributed by atoms with Gasteiger partial charge in [-0.1, -0.05) is 19.9 Å². The average molecular weight is 140 g/mol. The molecule has 0 bridgehead atoms. The van der Waals surface area contributed by atoms with Crippen molar-refractivity contribution in [2.75, 3.05) is 0 Å². The minimum absolute atomic E-state index is 0.540. The van der Waals surface area contributed by atoms with Crippen molar-refractivity contribution < 1.29 is 4.74 Å². The number of rotatable bonds is 4.